The van der Waals surface area contributed by atoms with Gasteiger partial charge in [-0.1, -0.05) is 18.7 Å². The lowest BCUT2D eigenvalue weighted by molar-refractivity contribution is 0.0697. The van der Waals surface area contributed by atoms with Gasteiger partial charge in [-0.25, -0.2) is 13.2 Å². The molecule has 0 amide bonds. The van der Waals surface area contributed by atoms with Gasteiger partial charge in [-0.2, -0.15) is 0 Å². The molecule has 0 unspecified atom stereocenters. The zero-order valence-corrected chi connectivity index (χ0v) is 8.91. The lowest BCUT2D eigenvalue weighted by atomic mass is 10.1. The topological polar surface area (TPSA) is 71.4 Å². The molecule has 0 atom stereocenters. The van der Waals surface area contributed by atoms with Crippen molar-refractivity contribution in [3.63, 3.8) is 0 Å². The van der Waals surface area contributed by atoms with Crippen LogP contribution in [0, 0.1) is 0 Å². The van der Waals surface area contributed by atoms with Crippen LogP contribution in [-0.2, 0) is 9.84 Å². The van der Waals surface area contributed by atoms with E-state index in [2.05, 4.69) is 6.58 Å². The van der Waals surface area contributed by atoms with Gasteiger partial charge in [-0.05, 0) is 17.7 Å². The maximum Gasteiger partial charge on any atom is 0.335 e. The molecule has 0 aliphatic carbocycles. The van der Waals surface area contributed by atoms with E-state index in [1.165, 1.54) is 24.3 Å². The molecule has 15 heavy (non-hydrogen) atoms. The molecule has 0 bridgehead atoms. The molecule has 0 aromatic heterocycles. The molecule has 0 aliphatic heterocycles. The maximum atomic E-state index is 11.2. The summed E-state index contributed by atoms with van der Waals surface area (Å²) in [6, 6.07) is 5.66. The van der Waals surface area contributed by atoms with Crippen LogP contribution in [0.2, 0.25) is 0 Å². The zero-order chi connectivity index (χ0) is 11.6. The highest BCUT2D eigenvalue weighted by molar-refractivity contribution is 7.99. The SMILES string of the molecule is C=C(c1cccc(C(=O)O)c1)S(C)(=O)=O. The van der Waals surface area contributed by atoms with Crippen molar-refractivity contribution >= 4 is 20.7 Å². The van der Waals surface area contributed by atoms with Crippen molar-refractivity contribution in [2.75, 3.05) is 6.26 Å². The molecular formula is C10H10O4S. The van der Waals surface area contributed by atoms with E-state index >= 15 is 0 Å². The Balaban J connectivity index is 3.23. The van der Waals surface area contributed by atoms with Gasteiger partial charge in [-0.3, -0.25) is 0 Å². The van der Waals surface area contributed by atoms with Gasteiger partial charge in [0, 0.05) is 6.26 Å². The summed E-state index contributed by atoms with van der Waals surface area (Å²) in [7, 11) is -3.39. The van der Waals surface area contributed by atoms with Gasteiger partial charge >= 0.3 is 5.97 Å². The van der Waals surface area contributed by atoms with Crippen molar-refractivity contribution in [2.24, 2.45) is 0 Å². The Bertz CT molecular complexity index is 514. The average molecular weight is 226 g/mol. The molecular weight excluding hydrogens is 216 g/mol. The molecule has 0 radical (unpaired) electrons. The minimum Gasteiger partial charge on any atom is -0.478 e. The molecule has 1 rings (SSSR count). The van der Waals surface area contributed by atoms with E-state index in [0.29, 0.717) is 5.56 Å². The van der Waals surface area contributed by atoms with Gasteiger partial charge in [0.15, 0.2) is 9.84 Å². The summed E-state index contributed by atoms with van der Waals surface area (Å²) in [5.41, 5.74) is 0.342. The first-order valence-electron chi connectivity index (χ1n) is 4.05. The van der Waals surface area contributed by atoms with Gasteiger partial charge in [-0.15, -0.1) is 0 Å². The maximum absolute atomic E-state index is 11.2. The molecule has 0 aliphatic rings. The number of carbonyl (C=O) groups is 1. The molecule has 1 aromatic carbocycles. The van der Waals surface area contributed by atoms with Gasteiger partial charge in [0.1, 0.15) is 0 Å². The van der Waals surface area contributed by atoms with E-state index in [9.17, 15) is 13.2 Å². The highest BCUT2D eigenvalue weighted by atomic mass is 32.2. The molecule has 0 saturated heterocycles. The van der Waals surface area contributed by atoms with Crippen molar-refractivity contribution < 1.29 is 18.3 Å². The number of aromatic carboxylic acids is 1. The van der Waals surface area contributed by atoms with E-state index in [-0.39, 0.29) is 10.5 Å². The Morgan fingerprint density at radius 1 is 1.33 bits per heavy atom. The molecule has 4 nitrogen and oxygen atoms in total. The standard InChI is InChI=1S/C10H10O4S/c1-7(15(2,13)14)8-4-3-5-9(6-8)10(11)12/h3-6H,1H2,2H3,(H,11,12). The van der Waals surface area contributed by atoms with Crippen molar-refractivity contribution in [3.05, 3.63) is 42.0 Å². The van der Waals surface area contributed by atoms with E-state index in [1.807, 2.05) is 0 Å². The second-order valence-corrected chi connectivity index (χ2v) is 5.12. The highest BCUT2D eigenvalue weighted by Crippen LogP contribution is 2.18. The summed E-state index contributed by atoms with van der Waals surface area (Å²) < 4.78 is 22.3. The normalized spacial score (nSPS) is 11.0. The minimum atomic E-state index is -3.39. The number of rotatable bonds is 3. The first-order chi connectivity index (χ1) is 6.82. The van der Waals surface area contributed by atoms with Crippen LogP contribution >= 0.6 is 0 Å². The summed E-state index contributed by atoms with van der Waals surface area (Å²) >= 11 is 0. The van der Waals surface area contributed by atoms with Crippen LogP contribution in [0.4, 0.5) is 0 Å². The quantitative estimate of drug-likeness (QED) is 0.845. The van der Waals surface area contributed by atoms with Crippen molar-refractivity contribution in [1.82, 2.24) is 0 Å². The van der Waals surface area contributed by atoms with Crippen LogP contribution < -0.4 is 0 Å². The molecule has 1 aromatic rings. The molecule has 0 fully saturated rings. The van der Waals surface area contributed by atoms with Gasteiger partial charge in [0.05, 0.1) is 10.5 Å². The Labute approximate surface area is 87.8 Å². The van der Waals surface area contributed by atoms with Crippen LogP contribution in [0.1, 0.15) is 15.9 Å². The third-order valence-electron chi connectivity index (χ3n) is 1.88. The monoisotopic (exact) mass is 226 g/mol. The molecule has 1 N–H and O–H groups in total. The Hall–Kier alpha value is -1.62. The second kappa shape index (κ2) is 3.86. The molecule has 0 heterocycles. The van der Waals surface area contributed by atoms with Gasteiger partial charge < -0.3 is 5.11 Å². The lowest BCUT2D eigenvalue weighted by Crippen LogP contribution is -2.01. The number of sulfone groups is 1. The van der Waals surface area contributed by atoms with Gasteiger partial charge in [0.2, 0.25) is 0 Å². The molecule has 80 valence electrons. The van der Waals surface area contributed by atoms with Crippen LogP contribution in [0.25, 0.3) is 4.91 Å². The summed E-state index contributed by atoms with van der Waals surface area (Å²) in [6.45, 7) is 3.42. The van der Waals surface area contributed by atoms with E-state index in [0.717, 1.165) is 6.26 Å². The Morgan fingerprint density at radius 3 is 2.33 bits per heavy atom. The predicted molar refractivity (Wildman–Crippen MR) is 57.3 cm³/mol. The van der Waals surface area contributed by atoms with Crippen molar-refractivity contribution in [2.45, 2.75) is 0 Å². The third kappa shape index (κ3) is 2.66. The van der Waals surface area contributed by atoms with Gasteiger partial charge in [0.25, 0.3) is 0 Å². The molecule has 0 saturated carbocycles. The van der Waals surface area contributed by atoms with Crippen LogP contribution in [0.15, 0.2) is 30.8 Å². The van der Waals surface area contributed by atoms with E-state index < -0.39 is 15.8 Å². The summed E-state index contributed by atoms with van der Waals surface area (Å²) in [5, 5.41) is 8.71. The Morgan fingerprint density at radius 2 is 1.87 bits per heavy atom. The smallest absolute Gasteiger partial charge is 0.335 e. The molecule has 5 heteroatoms. The Kier molecular flexibility index (Phi) is 2.95. The fourth-order valence-electron chi connectivity index (χ4n) is 1.04. The highest BCUT2D eigenvalue weighted by Gasteiger charge is 2.12. The fraction of sp³-hybridized carbons (Fsp3) is 0.100. The minimum absolute atomic E-state index is 0.0392. The van der Waals surface area contributed by atoms with E-state index in [1.54, 1.807) is 0 Å². The van der Waals surface area contributed by atoms with Crippen LogP contribution in [-0.4, -0.2) is 25.7 Å². The molecule has 0 spiro atoms. The zero-order valence-electron chi connectivity index (χ0n) is 8.10. The largest absolute Gasteiger partial charge is 0.478 e. The first kappa shape index (κ1) is 11.5. The third-order valence-corrected chi connectivity index (χ3v) is 3.01. The summed E-state index contributed by atoms with van der Waals surface area (Å²) in [5.74, 6) is -1.10. The summed E-state index contributed by atoms with van der Waals surface area (Å²) in [4.78, 5) is 10.6. The van der Waals surface area contributed by atoms with Crippen LogP contribution in [0.3, 0.4) is 0 Å². The van der Waals surface area contributed by atoms with Crippen LogP contribution in [0.5, 0.6) is 0 Å². The number of carboxylic acid groups (broad SMARTS) is 1. The van der Waals surface area contributed by atoms with Crippen molar-refractivity contribution in [3.8, 4) is 0 Å². The number of hydrogen-bond donors (Lipinski definition) is 1. The van der Waals surface area contributed by atoms with Crippen molar-refractivity contribution in [1.29, 1.82) is 0 Å². The number of benzene rings is 1. The first-order valence-corrected chi connectivity index (χ1v) is 5.94. The van der Waals surface area contributed by atoms with E-state index in [4.69, 9.17) is 5.11 Å². The second-order valence-electron chi connectivity index (χ2n) is 3.08. The average Bonchev–Trinajstić information content (AvgIpc) is 2.15. The predicted octanol–water partition coefficient (Wildman–Crippen LogP) is 1.40. The number of hydrogen-bond acceptors (Lipinski definition) is 3. The lowest BCUT2D eigenvalue weighted by Gasteiger charge is -2.03. The summed E-state index contributed by atoms with van der Waals surface area (Å²) in [6.07, 6.45) is 1.03. The fourth-order valence-corrected chi connectivity index (χ4v) is 1.59. The number of carboxylic acids is 1.